The summed E-state index contributed by atoms with van der Waals surface area (Å²) in [4.78, 5) is 44.0. The minimum atomic E-state index is -0.631. The van der Waals surface area contributed by atoms with Gasteiger partial charge in [-0.05, 0) is 38.5 Å². The number of fused-ring (bicyclic) bond motifs is 1. The Bertz CT molecular complexity index is 1390. The van der Waals surface area contributed by atoms with Gasteiger partial charge in [0.1, 0.15) is 17.0 Å². The van der Waals surface area contributed by atoms with Crippen molar-refractivity contribution in [2.75, 3.05) is 51.3 Å². The third-order valence-electron chi connectivity index (χ3n) is 6.43. The maximum Gasteiger partial charge on any atom is 0.276 e. The number of rotatable bonds is 13. The lowest BCUT2D eigenvalue weighted by atomic mass is 10.1. The van der Waals surface area contributed by atoms with Gasteiger partial charge < -0.3 is 25.1 Å². The van der Waals surface area contributed by atoms with Gasteiger partial charge in [-0.15, -0.1) is 6.58 Å². The molecular weight excluding hydrogens is 516 g/mol. The quantitative estimate of drug-likeness (QED) is 0.212. The minimum absolute atomic E-state index is 0.0518. The number of aryl methyl sites for hydroxylation is 2. The van der Waals surface area contributed by atoms with Crippen molar-refractivity contribution in [1.29, 1.82) is 0 Å². The second-order valence-electron chi connectivity index (χ2n) is 9.42. The van der Waals surface area contributed by atoms with Gasteiger partial charge in [-0.1, -0.05) is 6.08 Å². The average molecular weight is 553 g/mol. The molecule has 13 nitrogen and oxygen atoms in total. The number of allylic oxidation sites excluding steroid dienone is 1. The molecule has 40 heavy (non-hydrogen) atoms. The zero-order valence-electron chi connectivity index (χ0n) is 22.9. The lowest BCUT2D eigenvalue weighted by Gasteiger charge is -2.25. The van der Waals surface area contributed by atoms with Crippen molar-refractivity contribution >= 4 is 34.7 Å². The first-order chi connectivity index (χ1) is 19.3. The number of amides is 3. The maximum absolute atomic E-state index is 13.1. The van der Waals surface area contributed by atoms with Crippen LogP contribution in [0.3, 0.4) is 0 Å². The number of nitrogens with one attached hydrogen (secondary N) is 2. The molecule has 1 aromatic carbocycles. The highest BCUT2D eigenvalue weighted by atomic mass is 16.5. The van der Waals surface area contributed by atoms with E-state index in [9.17, 15) is 14.4 Å². The molecule has 1 aliphatic heterocycles. The van der Waals surface area contributed by atoms with E-state index in [4.69, 9.17) is 15.2 Å². The van der Waals surface area contributed by atoms with Crippen LogP contribution in [0.15, 0.2) is 30.9 Å². The fourth-order valence-corrected chi connectivity index (χ4v) is 4.52. The molecule has 1 saturated heterocycles. The lowest BCUT2D eigenvalue weighted by molar-refractivity contribution is -0.123. The average Bonchev–Trinajstić information content (AvgIpc) is 3.48. The van der Waals surface area contributed by atoms with Crippen LogP contribution in [0.4, 0.5) is 5.95 Å². The molecular formula is C27H36N8O5. The zero-order chi connectivity index (χ0) is 28.6. The number of hydrogen-bond acceptors (Lipinski definition) is 8. The smallest absolute Gasteiger partial charge is 0.276 e. The van der Waals surface area contributed by atoms with Crippen LogP contribution in [-0.4, -0.2) is 88.0 Å². The molecule has 0 unspecified atom stereocenters. The van der Waals surface area contributed by atoms with Crippen LogP contribution in [0.25, 0.3) is 11.0 Å². The molecule has 1 fully saturated rings. The second-order valence-corrected chi connectivity index (χ2v) is 9.42. The molecule has 0 bridgehead atoms. The van der Waals surface area contributed by atoms with Gasteiger partial charge in [0.25, 0.3) is 5.91 Å². The highest BCUT2D eigenvalue weighted by molar-refractivity contribution is 6.04. The van der Waals surface area contributed by atoms with Gasteiger partial charge in [-0.2, -0.15) is 5.10 Å². The fraction of sp³-hybridized carbons (Fsp3) is 0.444. The van der Waals surface area contributed by atoms with Crippen LogP contribution in [-0.2, 0) is 22.6 Å². The molecule has 0 radical (unpaired) electrons. The number of carbonyl (C=O) groups is 3. The summed E-state index contributed by atoms with van der Waals surface area (Å²) in [5.74, 6) is -0.399. The van der Waals surface area contributed by atoms with E-state index in [1.165, 1.54) is 0 Å². The van der Waals surface area contributed by atoms with Crippen molar-refractivity contribution in [3.8, 4) is 5.75 Å². The van der Waals surface area contributed by atoms with Gasteiger partial charge in [-0.3, -0.25) is 29.3 Å². The minimum Gasteiger partial charge on any atom is -0.491 e. The van der Waals surface area contributed by atoms with Crippen LogP contribution in [0.1, 0.15) is 39.9 Å². The zero-order valence-corrected chi connectivity index (χ0v) is 22.9. The molecule has 13 heteroatoms. The normalized spacial score (nSPS) is 13.8. The highest BCUT2D eigenvalue weighted by Crippen LogP contribution is 2.31. The van der Waals surface area contributed by atoms with Crippen molar-refractivity contribution in [3.05, 3.63) is 47.8 Å². The van der Waals surface area contributed by atoms with Gasteiger partial charge in [0.05, 0.1) is 37.6 Å². The van der Waals surface area contributed by atoms with Gasteiger partial charge in [0, 0.05) is 38.3 Å². The van der Waals surface area contributed by atoms with E-state index in [0.717, 1.165) is 18.8 Å². The standard InChI is InChI=1S/C27H36N8O5/c1-4-8-34-24-20(30-27(34)31-26(38)21-14-18(3)32-35(21)5-2)15-19(25(28)37)16-22(24)40-11-6-7-29-23(36)17-33-9-12-39-13-10-33/h4,14-16H,1,5-13,17H2,2-3H3,(H2,28,37)(H,29,36)(H,30,31,38). The van der Waals surface area contributed by atoms with Crippen LogP contribution in [0.2, 0.25) is 0 Å². The number of carbonyl (C=O) groups excluding carboxylic acids is 3. The Hall–Kier alpha value is -4.23. The van der Waals surface area contributed by atoms with Gasteiger partial charge in [0.2, 0.25) is 17.8 Å². The SMILES string of the molecule is C=CCn1c(NC(=O)c2cc(C)nn2CC)nc2cc(C(N)=O)cc(OCCCNC(=O)CN3CCOCC3)c21. The number of aromatic nitrogens is 4. The maximum atomic E-state index is 13.1. The number of hydrogen-bond donors (Lipinski definition) is 3. The van der Waals surface area contributed by atoms with E-state index >= 15 is 0 Å². The van der Waals surface area contributed by atoms with E-state index in [1.54, 1.807) is 33.5 Å². The summed E-state index contributed by atoms with van der Waals surface area (Å²) in [7, 11) is 0. The predicted octanol–water partition coefficient (Wildman–Crippen LogP) is 1.32. The number of nitrogens with zero attached hydrogens (tertiary/aromatic N) is 5. The number of imidazole rings is 1. The molecule has 4 N–H and O–H groups in total. The summed E-state index contributed by atoms with van der Waals surface area (Å²) >= 11 is 0. The largest absolute Gasteiger partial charge is 0.491 e. The molecule has 0 spiro atoms. The molecule has 0 aliphatic carbocycles. The molecule has 2 aromatic heterocycles. The van der Waals surface area contributed by atoms with Crippen molar-refractivity contribution in [2.24, 2.45) is 5.73 Å². The third-order valence-corrected chi connectivity index (χ3v) is 6.43. The van der Waals surface area contributed by atoms with E-state index < -0.39 is 5.91 Å². The molecule has 214 valence electrons. The number of primary amides is 1. The van der Waals surface area contributed by atoms with Crippen molar-refractivity contribution in [1.82, 2.24) is 29.5 Å². The fourth-order valence-electron chi connectivity index (χ4n) is 4.52. The first kappa shape index (κ1) is 28.8. The summed E-state index contributed by atoms with van der Waals surface area (Å²) in [5, 5.41) is 10.1. The first-order valence-electron chi connectivity index (χ1n) is 13.3. The summed E-state index contributed by atoms with van der Waals surface area (Å²) < 4.78 is 14.7. The first-order valence-corrected chi connectivity index (χ1v) is 13.3. The number of benzene rings is 1. The van der Waals surface area contributed by atoms with Crippen LogP contribution in [0, 0.1) is 6.92 Å². The molecule has 1 aliphatic rings. The van der Waals surface area contributed by atoms with E-state index in [2.05, 4.69) is 32.2 Å². The number of anilines is 1. The van der Waals surface area contributed by atoms with Crippen molar-refractivity contribution in [2.45, 2.75) is 33.4 Å². The molecule has 0 saturated carbocycles. The lowest BCUT2D eigenvalue weighted by Crippen LogP contribution is -2.43. The van der Waals surface area contributed by atoms with Gasteiger partial charge in [-0.25, -0.2) is 4.98 Å². The number of nitrogens with two attached hydrogens (primary N) is 1. The van der Waals surface area contributed by atoms with E-state index in [0.29, 0.717) is 68.3 Å². The second kappa shape index (κ2) is 13.2. The summed E-state index contributed by atoms with van der Waals surface area (Å²) in [6.07, 6.45) is 2.21. The topological polar surface area (TPSA) is 159 Å². The Labute approximate surface area is 232 Å². The van der Waals surface area contributed by atoms with Crippen LogP contribution < -0.4 is 21.1 Å². The van der Waals surface area contributed by atoms with Crippen LogP contribution in [0.5, 0.6) is 5.75 Å². The molecule has 0 atom stereocenters. The van der Waals surface area contributed by atoms with Crippen LogP contribution >= 0.6 is 0 Å². The Morgan fingerprint density at radius 3 is 2.70 bits per heavy atom. The van der Waals surface area contributed by atoms with Crippen molar-refractivity contribution < 1.29 is 23.9 Å². The monoisotopic (exact) mass is 552 g/mol. The Morgan fingerprint density at radius 1 is 1.23 bits per heavy atom. The Morgan fingerprint density at radius 2 is 2.00 bits per heavy atom. The van der Waals surface area contributed by atoms with E-state index in [1.807, 2.05) is 13.8 Å². The Balaban J connectivity index is 1.49. The summed E-state index contributed by atoms with van der Waals surface area (Å²) in [6.45, 7) is 12.2. The summed E-state index contributed by atoms with van der Waals surface area (Å²) in [6, 6.07) is 4.83. The number of ether oxygens (including phenoxy) is 2. The van der Waals surface area contributed by atoms with Gasteiger partial charge in [0.15, 0.2) is 0 Å². The highest BCUT2D eigenvalue weighted by Gasteiger charge is 2.21. The molecule has 3 aromatic rings. The summed E-state index contributed by atoms with van der Waals surface area (Å²) in [5.41, 5.74) is 7.94. The molecule has 3 amide bonds. The predicted molar refractivity (Wildman–Crippen MR) is 149 cm³/mol. The van der Waals surface area contributed by atoms with E-state index in [-0.39, 0.29) is 29.9 Å². The third kappa shape index (κ3) is 6.85. The van der Waals surface area contributed by atoms with Gasteiger partial charge >= 0.3 is 0 Å². The van der Waals surface area contributed by atoms with Crippen molar-refractivity contribution in [3.63, 3.8) is 0 Å². The Kier molecular flexibility index (Phi) is 9.51. The number of morpholine rings is 1. The molecule has 3 heterocycles. The molecule has 4 rings (SSSR count).